The maximum Gasteiger partial charge on any atom is 0.338 e. The second-order valence-corrected chi connectivity index (χ2v) is 14.9. The van der Waals surface area contributed by atoms with Gasteiger partial charge in [-0.1, -0.05) is 25.5 Å². The highest BCUT2D eigenvalue weighted by Crippen LogP contribution is 2.59. The minimum atomic E-state index is -1.61. The van der Waals surface area contributed by atoms with Gasteiger partial charge in [-0.2, -0.15) is 0 Å². The molecule has 3 heterocycles. The summed E-state index contributed by atoms with van der Waals surface area (Å²) < 4.78 is 51.0. The van der Waals surface area contributed by atoms with E-state index in [0.29, 0.717) is 6.61 Å². The van der Waals surface area contributed by atoms with Gasteiger partial charge < -0.3 is 63.1 Å². The predicted molar refractivity (Wildman–Crippen MR) is 174 cm³/mol. The zero-order valence-electron chi connectivity index (χ0n) is 30.5. The van der Waals surface area contributed by atoms with E-state index in [2.05, 4.69) is 19.9 Å². The third-order valence-electron chi connectivity index (χ3n) is 9.56. The summed E-state index contributed by atoms with van der Waals surface area (Å²) in [4.78, 5) is 26.5. The number of ether oxygens (including phenoxy) is 9. The molecular weight excluding hydrogens is 660 g/mol. The topological polar surface area (TPSA) is 198 Å². The van der Waals surface area contributed by atoms with E-state index in [9.17, 15) is 30.0 Å². The average molecular weight is 719 g/mol. The molecule has 15 heteroatoms. The highest BCUT2D eigenvalue weighted by atomic mass is 16.7. The van der Waals surface area contributed by atoms with Gasteiger partial charge in [-0.15, -0.1) is 0 Å². The zero-order chi connectivity index (χ0) is 36.9. The molecule has 4 rings (SSSR count). The molecule has 0 aromatic carbocycles. The van der Waals surface area contributed by atoms with Gasteiger partial charge in [-0.25, -0.2) is 9.59 Å². The standard InChI is InChI=1S/C35H58O15/c1-17(2)14-21-22(35(21,7)8)16-46-31(40)29-27(23(36)26(39)34(50-29)48-19(5)6)43-12-13-44-33-25(38)24(37)28(47-18(3)4)30(49-33)32(41)45-15-20-10-9-11-42-20/h14,18-30,33-34,36-39H,9-13,15-16H2,1-8H3/t20?,21?,22?,23-,24-,25+,26+,27+,28+,29?,30?,33-,34-/m1/s1. The molecule has 4 fully saturated rings. The molecule has 0 aromatic rings. The van der Waals surface area contributed by atoms with Gasteiger partial charge in [0.05, 0.1) is 38.1 Å². The predicted octanol–water partition coefficient (Wildman–Crippen LogP) is 1.00. The molecule has 1 saturated carbocycles. The highest BCUT2D eigenvalue weighted by Gasteiger charge is 2.57. The Morgan fingerprint density at radius 1 is 0.780 bits per heavy atom. The summed E-state index contributed by atoms with van der Waals surface area (Å²) in [6.07, 6.45) is -11.9. The molecule has 0 aromatic heterocycles. The van der Waals surface area contributed by atoms with E-state index >= 15 is 0 Å². The number of aliphatic hydroxyl groups excluding tert-OH is 4. The van der Waals surface area contributed by atoms with Crippen molar-refractivity contribution < 1.29 is 72.6 Å². The Balaban J connectivity index is 1.37. The summed E-state index contributed by atoms with van der Waals surface area (Å²) in [6.45, 7) is 15.2. The minimum absolute atomic E-state index is 0.00384. The van der Waals surface area contributed by atoms with Crippen LogP contribution in [0.1, 0.15) is 68.2 Å². The Kier molecular flexibility index (Phi) is 14.6. The average Bonchev–Trinajstić information content (AvgIpc) is 3.34. The monoisotopic (exact) mass is 718 g/mol. The van der Waals surface area contributed by atoms with Gasteiger partial charge in [0, 0.05) is 12.5 Å². The molecule has 288 valence electrons. The number of aliphatic hydroxyl groups is 4. The van der Waals surface area contributed by atoms with Gasteiger partial charge in [-0.05, 0) is 65.7 Å². The number of esters is 2. The smallest absolute Gasteiger partial charge is 0.338 e. The Morgan fingerprint density at radius 3 is 1.94 bits per heavy atom. The molecule has 50 heavy (non-hydrogen) atoms. The van der Waals surface area contributed by atoms with E-state index in [1.165, 1.54) is 5.57 Å². The third kappa shape index (κ3) is 10.2. The molecule has 15 nitrogen and oxygen atoms in total. The lowest BCUT2D eigenvalue weighted by atomic mass is 9.98. The first-order chi connectivity index (χ1) is 23.5. The van der Waals surface area contributed by atoms with Crippen molar-refractivity contribution in [3.8, 4) is 0 Å². The molecule has 13 atom stereocenters. The lowest BCUT2D eigenvalue weighted by molar-refractivity contribution is -0.317. The molecule has 0 amide bonds. The van der Waals surface area contributed by atoms with Crippen LogP contribution in [0.4, 0.5) is 0 Å². The summed E-state index contributed by atoms with van der Waals surface area (Å²) in [7, 11) is 0. The summed E-state index contributed by atoms with van der Waals surface area (Å²) in [6, 6.07) is 0. The summed E-state index contributed by atoms with van der Waals surface area (Å²) in [5, 5.41) is 43.5. The third-order valence-corrected chi connectivity index (χ3v) is 9.56. The van der Waals surface area contributed by atoms with E-state index in [1.54, 1.807) is 27.7 Å². The quantitative estimate of drug-likeness (QED) is 0.100. The number of carbonyl (C=O) groups is 2. The Morgan fingerprint density at radius 2 is 1.34 bits per heavy atom. The molecule has 4 N–H and O–H groups in total. The lowest BCUT2D eigenvalue weighted by Crippen LogP contribution is -2.62. The minimum Gasteiger partial charge on any atom is -0.463 e. The van der Waals surface area contributed by atoms with Crippen LogP contribution >= 0.6 is 0 Å². The Labute approximate surface area is 294 Å². The van der Waals surface area contributed by atoms with E-state index in [-0.39, 0.29) is 55.9 Å². The highest BCUT2D eigenvalue weighted by molar-refractivity contribution is 5.76. The summed E-state index contributed by atoms with van der Waals surface area (Å²) >= 11 is 0. The molecule has 5 unspecified atom stereocenters. The molecule has 0 spiro atoms. The zero-order valence-corrected chi connectivity index (χ0v) is 30.5. The van der Waals surface area contributed by atoms with Crippen molar-refractivity contribution in [3.63, 3.8) is 0 Å². The molecule has 4 aliphatic rings. The molecule has 3 saturated heterocycles. The van der Waals surface area contributed by atoms with E-state index < -0.39 is 79.5 Å². The maximum atomic E-state index is 13.4. The van der Waals surface area contributed by atoms with Crippen molar-refractivity contribution in [2.24, 2.45) is 17.3 Å². The molecule has 0 bridgehead atoms. The fourth-order valence-corrected chi connectivity index (χ4v) is 6.65. The fourth-order valence-electron chi connectivity index (χ4n) is 6.65. The van der Waals surface area contributed by atoms with Crippen LogP contribution in [-0.2, 0) is 52.2 Å². The van der Waals surface area contributed by atoms with E-state index in [4.69, 9.17) is 42.6 Å². The number of rotatable bonds is 16. The van der Waals surface area contributed by atoms with Crippen LogP contribution in [0.3, 0.4) is 0 Å². The lowest BCUT2D eigenvalue weighted by Gasteiger charge is -2.42. The van der Waals surface area contributed by atoms with Crippen LogP contribution in [0.5, 0.6) is 0 Å². The second kappa shape index (κ2) is 17.8. The van der Waals surface area contributed by atoms with Gasteiger partial charge in [0.1, 0.15) is 43.2 Å². The summed E-state index contributed by atoms with van der Waals surface area (Å²) in [5.74, 6) is -1.25. The molecule has 3 aliphatic heterocycles. The van der Waals surface area contributed by atoms with Gasteiger partial charge in [0.25, 0.3) is 0 Å². The van der Waals surface area contributed by atoms with Crippen molar-refractivity contribution in [1.29, 1.82) is 0 Å². The van der Waals surface area contributed by atoms with Crippen molar-refractivity contribution in [2.75, 3.05) is 33.0 Å². The van der Waals surface area contributed by atoms with Crippen LogP contribution in [-0.4, -0.2) is 145 Å². The van der Waals surface area contributed by atoms with Crippen molar-refractivity contribution in [2.45, 2.75) is 148 Å². The fraction of sp³-hybridized carbons (Fsp3) is 0.886. The van der Waals surface area contributed by atoms with Crippen molar-refractivity contribution >= 4 is 11.9 Å². The number of carbonyl (C=O) groups excluding carboxylic acids is 2. The van der Waals surface area contributed by atoms with Crippen molar-refractivity contribution in [3.05, 3.63) is 11.6 Å². The van der Waals surface area contributed by atoms with Gasteiger partial charge in [0.2, 0.25) is 0 Å². The Bertz CT molecular complexity index is 1130. The van der Waals surface area contributed by atoms with E-state index in [0.717, 1.165) is 12.8 Å². The first-order valence-corrected chi connectivity index (χ1v) is 17.7. The van der Waals surface area contributed by atoms with Crippen LogP contribution in [0.15, 0.2) is 11.6 Å². The van der Waals surface area contributed by atoms with Gasteiger partial charge in [0.15, 0.2) is 24.8 Å². The maximum absolute atomic E-state index is 13.4. The second-order valence-electron chi connectivity index (χ2n) is 14.9. The van der Waals surface area contributed by atoms with Crippen LogP contribution in [0, 0.1) is 17.3 Å². The normalized spacial score (nSPS) is 38.2. The SMILES string of the molecule is CC(C)=CC1C(COC(=O)C2O[C@@H](OC(C)C)[C@@H](O)[C@@H](O)[C@@H]2OCCO[C@@H]2OC(C(=O)OCC3CCCO3)[C@@H](OC(C)C)[C@H](O)[C@@H]2O)C1(C)C. The van der Waals surface area contributed by atoms with Gasteiger partial charge >= 0.3 is 11.9 Å². The summed E-state index contributed by atoms with van der Waals surface area (Å²) in [5.41, 5.74) is 1.11. The number of hydrogen-bond donors (Lipinski definition) is 4. The largest absolute Gasteiger partial charge is 0.463 e. The van der Waals surface area contributed by atoms with Gasteiger partial charge in [-0.3, -0.25) is 0 Å². The number of allylic oxidation sites excluding steroid dienone is 2. The van der Waals surface area contributed by atoms with Crippen LogP contribution in [0.2, 0.25) is 0 Å². The first kappa shape index (κ1) is 41.0. The first-order valence-electron chi connectivity index (χ1n) is 17.7. The van der Waals surface area contributed by atoms with Crippen molar-refractivity contribution in [1.82, 2.24) is 0 Å². The molecular formula is C35H58O15. The molecule has 0 radical (unpaired) electrons. The van der Waals surface area contributed by atoms with Crippen LogP contribution in [0.25, 0.3) is 0 Å². The number of hydrogen-bond acceptors (Lipinski definition) is 15. The molecule has 1 aliphatic carbocycles. The van der Waals surface area contributed by atoms with Crippen LogP contribution < -0.4 is 0 Å². The Hall–Kier alpha value is -1.76. The van der Waals surface area contributed by atoms with E-state index in [1.807, 2.05) is 13.8 Å².